The van der Waals surface area contributed by atoms with E-state index in [2.05, 4.69) is 43.1 Å². The summed E-state index contributed by atoms with van der Waals surface area (Å²) in [7, 11) is 0. The fourth-order valence-corrected chi connectivity index (χ4v) is 1.55. The third-order valence-electron chi connectivity index (χ3n) is 2.48. The highest BCUT2D eigenvalue weighted by atomic mass is 16.5. The van der Waals surface area contributed by atoms with Gasteiger partial charge in [-0.1, -0.05) is 26.0 Å². The van der Waals surface area contributed by atoms with Gasteiger partial charge in [-0.25, -0.2) is 0 Å². The fraction of sp³-hybridized carbons (Fsp3) is 0.500. The van der Waals surface area contributed by atoms with Gasteiger partial charge in [0.1, 0.15) is 5.75 Å². The van der Waals surface area contributed by atoms with Gasteiger partial charge in [0.25, 0.3) is 0 Å². The van der Waals surface area contributed by atoms with E-state index >= 15 is 0 Å². The summed E-state index contributed by atoms with van der Waals surface area (Å²) in [5, 5.41) is 3.42. The van der Waals surface area contributed by atoms with Crippen molar-refractivity contribution < 1.29 is 4.74 Å². The Morgan fingerprint density at radius 1 is 1.22 bits per heavy atom. The van der Waals surface area contributed by atoms with E-state index in [9.17, 15) is 0 Å². The Kier molecular flexibility index (Phi) is 6.98. The van der Waals surface area contributed by atoms with Crippen molar-refractivity contribution in [2.45, 2.75) is 33.7 Å². The van der Waals surface area contributed by atoms with Crippen molar-refractivity contribution in [2.24, 2.45) is 5.92 Å². The highest BCUT2D eigenvalue weighted by Crippen LogP contribution is 2.12. The SMILES string of the molecule is CC#CCCOc1ccc(CNCC(C)C)cc1. The van der Waals surface area contributed by atoms with E-state index in [1.807, 2.05) is 19.1 Å². The zero-order valence-corrected chi connectivity index (χ0v) is 11.6. The average molecular weight is 245 g/mol. The van der Waals surface area contributed by atoms with Crippen molar-refractivity contribution in [1.29, 1.82) is 0 Å². The van der Waals surface area contributed by atoms with Crippen LogP contribution in [0.3, 0.4) is 0 Å². The molecule has 0 spiro atoms. The van der Waals surface area contributed by atoms with Gasteiger partial charge in [-0.15, -0.1) is 11.8 Å². The zero-order valence-electron chi connectivity index (χ0n) is 11.6. The van der Waals surface area contributed by atoms with Gasteiger partial charge in [-0.2, -0.15) is 0 Å². The molecule has 0 aliphatic carbocycles. The van der Waals surface area contributed by atoms with E-state index in [0.29, 0.717) is 12.5 Å². The molecular formula is C16H23NO. The first-order valence-electron chi connectivity index (χ1n) is 6.54. The lowest BCUT2D eigenvalue weighted by molar-refractivity contribution is 0.327. The minimum Gasteiger partial charge on any atom is -0.493 e. The molecule has 1 rings (SSSR count). The number of nitrogens with one attached hydrogen (secondary N) is 1. The lowest BCUT2D eigenvalue weighted by Gasteiger charge is -2.08. The monoisotopic (exact) mass is 245 g/mol. The Bertz CT molecular complexity index is 384. The van der Waals surface area contributed by atoms with Crippen molar-refractivity contribution >= 4 is 0 Å². The maximum Gasteiger partial charge on any atom is 0.119 e. The summed E-state index contributed by atoms with van der Waals surface area (Å²) in [5.74, 6) is 7.44. The van der Waals surface area contributed by atoms with E-state index in [4.69, 9.17) is 4.74 Å². The molecule has 0 radical (unpaired) electrons. The molecule has 0 aliphatic heterocycles. The van der Waals surface area contributed by atoms with Crippen LogP contribution in [0.4, 0.5) is 0 Å². The summed E-state index contributed by atoms with van der Waals surface area (Å²) in [6.07, 6.45) is 0.786. The molecule has 0 atom stereocenters. The summed E-state index contributed by atoms with van der Waals surface area (Å²) in [6.45, 7) is 8.89. The standard InChI is InChI=1S/C16H23NO/c1-4-5-6-11-18-16-9-7-15(8-10-16)13-17-12-14(2)3/h7-10,14,17H,6,11-13H2,1-3H3. The maximum absolute atomic E-state index is 5.58. The molecule has 2 nitrogen and oxygen atoms in total. The molecule has 0 aromatic heterocycles. The van der Waals surface area contributed by atoms with Crippen LogP contribution in [0.1, 0.15) is 32.8 Å². The van der Waals surface area contributed by atoms with Gasteiger partial charge in [-0.05, 0) is 37.1 Å². The van der Waals surface area contributed by atoms with Gasteiger partial charge in [0.2, 0.25) is 0 Å². The predicted octanol–water partition coefficient (Wildman–Crippen LogP) is 3.22. The van der Waals surface area contributed by atoms with Crippen LogP contribution in [-0.2, 0) is 6.54 Å². The van der Waals surface area contributed by atoms with E-state index < -0.39 is 0 Å². The molecule has 1 aromatic carbocycles. The van der Waals surface area contributed by atoms with Crippen LogP contribution in [0.15, 0.2) is 24.3 Å². The molecule has 1 aromatic rings. The Balaban J connectivity index is 2.30. The van der Waals surface area contributed by atoms with E-state index in [-0.39, 0.29) is 0 Å². The van der Waals surface area contributed by atoms with Crippen LogP contribution in [-0.4, -0.2) is 13.2 Å². The van der Waals surface area contributed by atoms with Gasteiger partial charge in [0.05, 0.1) is 6.61 Å². The molecular weight excluding hydrogens is 222 g/mol. The van der Waals surface area contributed by atoms with Crippen LogP contribution < -0.4 is 10.1 Å². The van der Waals surface area contributed by atoms with Crippen molar-refractivity contribution in [3.63, 3.8) is 0 Å². The topological polar surface area (TPSA) is 21.3 Å². The number of hydrogen-bond donors (Lipinski definition) is 1. The van der Waals surface area contributed by atoms with Crippen molar-refractivity contribution in [3.8, 4) is 17.6 Å². The molecule has 0 fully saturated rings. The van der Waals surface area contributed by atoms with Crippen molar-refractivity contribution in [1.82, 2.24) is 5.32 Å². The van der Waals surface area contributed by atoms with Crippen LogP contribution in [0.5, 0.6) is 5.75 Å². The third kappa shape index (κ3) is 6.32. The molecule has 0 saturated heterocycles. The molecule has 1 N–H and O–H groups in total. The van der Waals surface area contributed by atoms with Gasteiger partial charge in [-0.3, -0.25) is 0 Å². The molecule has 0 aliphatic rings. The second-order valence-corrected chi connectivity index (χ2v) is 4.69. The molecule has 2 heteroatoms. The minimum absolute atomic E-state index is 0.659. The largest absolute Gasteiger partial charge is 0.493 e. The van der Waals surface area contributed by atoms with E-state index in [0.717, 1.165) is 25.3 Å². The van der Waals surface area contributed by atoms with Crippen LogP contribution >= 0.6 is 0 Å². The number of benzene rings is 1. The number of ether oxygens (including phenoxy) is 1. The van der Waals surface area contributed by atoms with Gasteiger partial charge >= 0.3 is 0 Å². The summed E-state index contributed by atoms with van der Waals surface area (Å²) in [4.78, 5) is 0. The van der Waals surface area contributed by atoms with Crippen molar-refractivity contribution in [3.05, 3.63) is 29.8 Å². The summed E-state index contributed by atoms with van der Waals surface area (Å²) in [6, 6.07) is 8.25. The summed E-state index contributed by atoms with van der Waals surface area (Å²) >= 11 is 0. The predicted molar refractivity (Wildman–Crippen MR) is 76.5 cm³/mol. The lowest BCUT2D eigenvalue weighted by atomic mass is 10.2. The highest BCUT2D eigenvalue weighted by Gasteiger charge is 1.97. The average Bonchev–Trinajstić information content (AvgIpc) is 2.36. The normalized spacial score (nSPS) is 10.0. The smallest absolute Gasteiger partial charge is 0.119 e. The third-order valence-corrected chi connectivity index (χ3v) is 2.48. The van der Waals surface area contributed by atoms with Crippen LogP contribution in [0, 0.1) is 17.8 Å². The Hall–Kier alpha value is -1.46. The second-order valence-electron chi connectivity index (χ2n) is 4.69. The number of hydrogen-bond acceptors (Lipinski definition) is 2. The zero-order chi connectivity index (χ0) is 13.2. The highest BCUT2D eigenvalue weighted by molar-refractivity contribution is 5.27. The van der Waals surface area contributed by atoms with Gasteiger partial charge < -0.3 is 10.1 Å². The first kappa shape index (κ1) is 14.6. The summed E-state index contributed by atoms with van der Waals surface area (Å²) in [5.41, 5.74) is 1.29. The number of rotatable bonds is 7. The molecule has 0 saturated carbocycles. The van der Waals surface area contributed by atoms with E-state index in [1.165, 1.54) is 5.56 Å². The Morgan fingerprint density at radius 3 is 2.56 bits per heavy atom. The molecule has 18 heavy (non-hydrogen) atoms. The van der Waals surface area contributed by atoms with Crippen molar-refractivity contribution in [2.75, 3.05) is 13.2 Å². The minimum atomic E-state index is 0.659. The van der Waals surface area contributed by atoms with Gasteiger partial charge in [0.15, 0.2) is 0 Å². The first-order chi connectivity index (χ1) is 8.72. The molecule has 0 heterocycles. The maximum atomic E-state index is 5.58. The van der Waals surface area contributed by atoms with E-state index in [1.54, 1.807) is 0 Å². The molecule has 98 valence electrons. The quantitative estimate of drug-likeness (QED) is 0.588. The Labute approximate surface area is 111 Å². The van der Waals surface area contributed by atoms with Gasteiger partial charge in [0, 0.05) is 13.0 Å². The first-order valence-corrected chi connectivity index (χ1v) is 6.54. The lowest BCUT2D eigenvalue weighted by Crippen LogP contribution is -2.18. The molecule has 0 bridgehead atoms. The molecule has 0 amide bonds. The van der Waals surface area contributed by atoms with Crippen LogP contribution in [0.2, 0.25) is 0 Å². The second kappa shape index (κ2) is 8.60. The summed E-state index contributed by atoms with van der Waals surface area (Å²) < 4.78 is 5.58. The van der Waals surface area contributed by atoms with Crippen LogP contribution in [0.25, 0.3) is 0 Å². The Morgan fingerprint density at radius 2 is 1.94 bits per heavy atom. The molecule has 0 unspecified atom stereocenters. The fourth-order valence-electron chi connectivity index (χ4n) is 1.55.